The lowest BCUT2D eigenvalue weighted by Crippen LogP contribution is -2.64. The molecule has 0 bridgehead atoms. The number of β-amino-alcohol motifs (C(OH)–C–C–N with tert-alkyl or cyclic N) is 1. The second-order valence-corrected chi connectivity index (χ2v) is 5.06. The van der Waals surface area contributed by atoms with E-state index in [1.165, 1.54) is 6.07 Å². The highest BCUT2D eigenvalue weighted by molar-refractivity contribution is 5.97. The smallest absolute Gasteiger partial charge is 0.257 e. The van der Waals surface area contributed by atoms with Crippen LogP contribution in [-0.2, 0) is 0 Å². The molecule has 1 amide bonds. The first-order chi connectivity index (χ1) is 8.10. The second-order valence-electron chi connectivity index (χ2n) is 5.06. The number of phenolic OH excluding ortho intramolecular Hbond substituents is 1. The normalized spacial score (nSPS) is 22.1. The lowest BCUT2D eigenvalue weighted by molar-refractivity contribution is -0.0958. The Morgan fingerprint density at radius 2 is 1.94 bits per heavy atom. The topological polar surface area (TPSA) is 60.8 Å². The lowest BCUT2D eigenvalue weighted by Gasteiger charge is -2.47. The zero-order valence-corrected chi connectivity index (χ0v) is 9.47. The first kappa shape index (κ1) is 10.6. The minimum Gasteiger partial charge on any atom is -0.507 e. The molecule has 1 aliphatic heterocycles. The maximum Gasteiger partial charge on any atom is 0.257 e. The van der Waals surface area contributed by atoms with Gasteiger partial charge in [0.15, 0.2) is 0 Å². The van der Waals surface area contributed by atoms with E-state index in [4.69, 9.17) is 0 Å². The average Bonchev–Trinajstić information content (AvgIpc) is 3.08. The number of benzene rings is 1. The number of hydrogen-bond donors (Lipinski definition) is 2. The Bertz CT molecular complexity index is 461. The first-order valence-electron chi connectivity index (χ1n) is 5.90. The quantitative estimate of drug-likeness (QED) is 0.800. The molecule has 1 saturated heterocycles. The van der Waals surface area contributed by atoms with Crippen LogP contribution in [0.4, 0.5) is 0 Å². The fourth-order valence-electron chi connectivity index (χ4n) is 2.46. The SMILES string of the molecule is O=C(c1ccccc1O)N1CC(O)(C2CC2)C1. The number of amides is 1. The van der Waals surface area contributed by atoms with Crippen molar-refractivity contribution >= 4 is 5.91 Å². The molecule has 0 spiro atoms. The highest BCUT2D eigenvalue weighted by Crippen LogP contribution is 2.44. The van der Waals surface area contributed by atoms with Crippen LogP contribution < -0.4 is 0 Å². The minimum atomic E-state index is -0.667. The maximum absolute atomic E-state index is 12.0. The molecule has 4 nitrogen and oxygen atoms in total. The number of likely N-dealkylation sites (tertiary alicyclic amines) is 1. The average molecular weight is 233 g/mol. The van der Waals surface area contributed by atoms with E-state index in [1.54, 1.807) is 23.1 Å². The molecule has 1 aliphatic carbocycles. The Balaban J connectivity index is 1.71. The number of aromatic hydroxyl groups is 1. The molecule has 0 atom stereocenters. The third kappa shape index (κ3) is 1.69. The number of nitrogens with zero attached hydrogens (tertiary/aromatic N) is 1. The van der Waals surface area contributed by atoms with Crippen molar-refractivity contribution in [2.75, 3.05) is 13.1 Å². The predicted octanol–water partition coefficient (Wildman–Crippen LogP) is 0.989. The third-order valence-electron chi connectivity index (χ3n) is 3.69. The van der Waals surface area contributed by atoms with E-state index in [0.717, 1.165) is 12.8 Å². The first-order valence-corrected chi connectivity index (χ1v) is 5.90. The van der Waals surface area contributed by atoms with E-state index in [2.05, 4.69) is 0 Å². The van der Waals surface area contributed by atoms with Gasteiger partial charge in [0.05, 0.1) is 18.7 Å². The van der Waals surface area contributed by atoms with Gasteiger partial charge in [0, 0.05) is 0 Å². The monoisotopic (exact) mass is 233 g/mol. The Hall–Kier alpha value is -1.55. The standard InChI is InChI=1S/C13H15NO3/c15-11-4-2-1-3-10(11)12(16)14-7-13(17,8-14)9-5-6-9/h1-4,9,15,17H,5-8H2. The van der Waals surface area contributed by atoms with E-state index >= 15 is 0 Å². The summed E-state index contributed by atoms with van der Waals surface area (Å²) in [5.74, 6) is 0.170. The summed E-state index contributed by atoms with van der Waals surface area (Å²) in [5.41, 5.74) is -0.356. The molecule has 1 aromatic rings. The van der Waals surface area contributed by atoms with Crippen molar-refractivity contribution in [3.05, 3.63) is 29.8 Å². The van der Waals surface area contributed by atoms with Crippen LogP contribution in [0.25, 0.3) is 0 Å². The van der Waals surface area contributed by atoms with Gasteiger partial charge >= 0.3 is 0 Å². The fourth-order valence-corrected chi connectivity index (χ4v) is 2.46. The highest BCUT2D eigenvalue weighted by Gasteiger charge is 2.53. The number of para-hydroxylation sites is 1. The molecule has 0 aromatic heterocycles. The Labute approximate surface area is 99.5 Å². The van der Waals surface area contributed by atoms with Crippen molar-refractivity contribution in [2.45, 2.75) is 18.4 Å². The van der Waals surface area contributed by atoms with E-state index < -0.39 is 5.60 Å². The zero-order valence-electron chi connectivity index (χ0n) is 9.47. The molecule has 2 N–H and O–H groups in total. The molecule has 2 aliphatic rings. The Morgan fingerprint density at radius 1 is 1.29 bits per heavy atom. The summed E-state index contributed by atoms with van der Waals surface area (Å²) in [6, 6.07) is 6.51. The summed E-state index contributed by atoms with van der Waals surface area (Å²) in [4.78, 5) is 13.6. The van der Waals surface area contributed by atoms with Crippen molar-refractivity contribution in [3.63, 3.8) is 0 Å². The number of aliphatic hydroxyl groups is 1. The number of phenols is 1. The van der Waals surface area contributed by atoms with Crippen LogP contribution in [-0.4, -0.2) is 39.7 Å². The summed E-state index contributed by atoms with van der Waals surface area (Å²) in [6.45, 7) is 0.787. The van der Waals surface area contributed by atoms with Crippen LogP contribution in [0.3, 0.4) is 0 Å². The van der Waals surface area contributed by atoms with Crippen molar-refractivity contribution in [3.8, 4) is 5.75 Å². The molecule has 1 aromatic carbocycles. The van der Waals surface area contributed by atoms with Gasteiger partial charge in [0.1, 0.15) is 11.4 Å². The van der Waals surface area contributed by atoms with Gasteiger partial charge in [0.2, 0.25) is 0 Å². The molecule has 4 heteroatoms. The van der Waals surface area contributed by atoms with Crippen LogP contribution >= 0.6 is 0 Å². The molecule has 3 rings (SSSR count). The molecule has 17 heavy (non-hydrogen) atoms. The van der Waals surface area contributed by atoms with E-state index in [9.17, 15) is 15.0 Å². The van der Waals surface area contributed by atoms with Gasteiger partial charge in [-0.3, -0.25) is 4.79 Å². The number of hydrogen-bond acceptors (Lipinski definition) is 3. The van der Waals surface area contributed by atoms with E-state index in [1.807, 2.05) is 0 Å². The summed E-state index contributed by atoms with van der Waals surface area (Å²) in [7, 11) is 0. The molecule has 1 heterocycles. The van der Waals surface area contributed by atoms with Gasteiger partial charge in [-0.15, -0.1) is 0 Å². The van der Waals surface area contributed by atoms with Crippen molar-refractivity contribution in [1.82, 2.24) is 4.90 Å². The zero-order chi connectivity index (χ0) is 12.0. The number of carbonyl (C=O) groups excluding carboxylic acids is 1. The van der Waals surface area contributed by atoms with E-state index in [0.29, 0.717) is 24.6 Å². The molecule has 2 fully saturated rings. The third-order valence-corrected chi connectivity index (χ3v) is 3.69. The van der Waals surface area contributed by atoms with Gasteiger partial charge in [0.25, 0.3) is 5.91 Å². The maximum atomic E-state index is 12.0. The van der Waals surface area contributed by atoms with Crippen molar-refractivity contribution < 1.29 is 15.0 Å². The summed E-state index contributed by atoms with van der Waals surface area (Å²) in [6.07, 6.45) is 2.13. The predicted molar refractivity (Wildman–Crippen MR) is 61.7 cm³/mol. The van der Waals surface area contributed by atoms with Crippen LogP contribution in [0.5, 0.6) is 5.75 Å². The Kier molecular flexibility index (Phi) is 2.16. The summed E-state index contributed by atoms with van der Waals surface area (Å²) in [5, 5.41) is 19.7. The van der Waals surface area contributed by atoms with Crippen LogP contribution in [0, 0.1) is 5.92 Å². The Morgan fingerprint density at radius 3 is 2.53 bits per heavy atom. The van der Waals surface area contributed by atoms with Gasteiger partial charge in [-0.2, -0.15) is 0 Å². The molecular weight excluding hydrogens is 218 g/mol. The molecular formula is C13H15NO3. The van der Waals surface area contributed by atoms with E-state index in [-0.39, 0.29) is 11.7 Å². The van der Waals surface area contributed by atoms with Crippen LogP contribution in [0.15, 0.2) is 24.3 Å². The molecule has 0 unspecified atom stereocenters. The number of rotatable bonds is 2. The van der Waals surface area contributed by atoms with Crippen molar-refractivity contribution in [2.24, 2.45) is 5.92 Å². The fraction of sp³-hybridized carbons (Fsp3) is 0.462. The minimum absolute atomic E-state index is 0.000591. The van der Waals surface area contributed by atoms with Gasteiger partial charge in [-0.05, 0) is 30.9 Å². The van der Waals surface area contributed by atoms with Crippen LogP contribution in [0.2, 0.25) is 0 Å². The highest BCUT2D eigenvalue weighted by atomic mass is 16.3. The molecule has 0 radical (unpaired) electrons. The molecule has 90 valence electrons. The van der Waals surface area contributed by atoms with Gasteiger partial charge < -0.3 is 15.1 Å². The number of carbonyl (C=O) groups is 1. The van der Waals surface area contributed by atoms with Crippen LogP contribution in [0.1, 0.15) is 23.2 Å². The largest absolute Gasteiger partial charge is 0.507 e. The van der Waals surface area contributed by atoms with Gasteiger partial charge in [-0.25, -0.2) is 0 Å². The second kappa shape index (κ2) is 3.47. The van der Waals surface area contributed by atoms with Crippen molar-refractivity contribution in [1.29, 1.82) is 0 Å². The molecule has 1 saturated carbocycles. The lowest BCUT2D eigenvalue weighted by atomic mass is 9.88. The summed E-state index contributed by atoms with van der Waals surface area (Å²) >= 11 is 0. The summed E-state index contributed by atoms with van der Waals surface area (Å²) < 4.78 is 0. The van der Waals surface area contributed by atoms with Gasteiger partial charge in [-0.1, -0.05) is 12.1 Å².